The van der Waals surface area contributed by atoms with Crippen LogP contribution in [-0.2, 0) is 0 Å². The average Bonchev–Trinajstić information content (AvgIpc) is 3.03. The SMILES string of the molecule is Cc1c(C(=O)N2CCN(c3ccc([N+](=O)[O-])cn3)CC2)oc2ccc(Br)cc12. The van der Waals surface area contributed by atoms with Crippen molar-refractivity contribution in [3.63, 3.8) is 0 Å². The van der Waals surface area contributed by atoms with Crippen LogP contribution in [0.5, 0.6) is 0 Å². The monoisotopic (exact) mass is 444 g/mol. The molecule has 144 valence electrons. The minimum atomic E-state index is -0.471. The van der Waals surface area contributed by atoms with Gasteiger partial charge in [0, 0.05) is 47.7 Å². The lowest BCUT2D eigenvalue weighted by atomic mass is 10.1. The van der Waals surface area contributed by atoms with Gasteiger partial charge in [0.1, 0.15) is 17.6 Å². The highest BCUT2D eigenvalue weighted by Gasteiger charge is 2.27. The van der Waals surface area contributed by atoms with Gasteiger partial charge in [-0.2, -0.15) is 0 Å². The van der Waals surface area contributed by atoms with Crippen molar-refractivity contribution in [3.8, 4) is 0 Å². The second kappa shape index (κ2) is 7.23. The second-order valence-electron chi connectivity index (χ2n) is 6.61. The van der Waals surface area contributed by atoms with Crippen LogP contribution in [0.4, 0.5) is 11.5 Å². The van der Waals surface area contributed by atoms with Gasteiger partial charge in [0.25, 0.3) is 11.6 Å². The van der Waals surface area contributed by atoms with E-state index in [1.54, 1.807) is 11.0 Å². The Bertz CT molecular complexity index is 1060. The first kappa shape index (κ1) is 18.4. The van der Waals surface area contributed by atoms with Crippen molar-refractivity contribution < 1.29 is 14.1 Å². The Balaban J connectivity index is 1.47. The summed E-state index contributed by atoms with van der Waals surface area (Å²) in [4.78, 5) is 31.2. The molecule has 0 unspecified atom stereocenters. The summed E-state index contributed by atoms with van der Waals surface area (Å²) in [5.74, 6) is 0.915. The van der Waals surface area contributed by atoms with Crippen LogP contribution in [0.15, 0.2) is 45.4 Å². The van der Waals surface area contributed by atoms with Crippen LogP contribution >= 0.6 is 15.9 Å². The summed E-state index contributed by atoms with van der Waals surface area (Å²) >= 11 is 3.44. The highest BCUT2D eigenvalue weighted by atomic mass is 79.9. The average molecular weight is 445 g/mol. The standard InChI is InChI=1S/C19H17BrN4O4/c1-12-15-10-13(20)2-4-16(15)28-18(12)19(25)23-8-6-22(7-9-23)17-5-3-14(11-21-17)24(26)27/h2-5,10-11H,6-9H2,1H3. The Morgan fingerprint density at radius 2 is 1.96 bits per heavy atom. The number of pyridine rings is 1. The summed E-state index contributed by atoms with van der Waals surface area (Å²) in [6.45, 7) is 4.14. The molecule has 1 aromatic carbocycles. The molecule has 3 aromatic rings. The number of rotatable bonds is 3. The molecular weight excluding hydrogens is 428 g/mol. The number of carbonyl (C=O) groups is 1. The molecule has 0 bridgehead atoms. The Hall–Kier alpha value is -2.94. The van der Waals surface area contributed by atoms with E-state index < -0.39 is 4.92 Å². The van der Waals surface area contributed by atoms with Crippen LogP contribution in [0.25, 0.3) is 11.0 Å². The van der Waals surface area contributed by atoms with E-state index in [9.17, 15) is 14.9 Å². The van der Waals surface area contributed by atoms with Gasteiger partial charge in [0.05, 0.1) is 4.92 Å². The lowest BCUT2D eigenvalue weighted by molar-refractivity contribution is -0.385. The molecule has 1 saturated heterocycles. The molecule has 28 heavy (non-hydrogen) atoms. The maximum absolute atomic E-state index is 12.9. The van der Waals surface area contributed by atoms with Crippen molar-refractivity contribution in [1.82, 2.24) is 9.88 Å². The summed E-state index contributed by atoms with van der Waals surface area (Å²) in [6, 6.07) is 8.76. The van der Waals surface area contributed by atoms with Gasteiger partial charge in [-0.25, -0.2) is 4.98 Å². The molecule has 3 heterocycles. The zero-order valence-corrected chi connectivity index (χ0v) is 16.7. The van der Waals surface area contributed by atoms with E-state index in [4.69, 9.17) is 4.42 Å². The number of aryl methyl sites for hydroxylation is 1. The number of piperazine rings is 1. The normalized spacial score (nSPS) is 14.5. The molecule has 9 heteroatoms. The smallest absolute Gasteiger partial charge is 0.290 e. The Morgan fingerprint density at radius 3 is 2.61 bits per heavy atom. The lowest BCUT2D eigenvalue weighted by Gasteiger charge is -2.35. The van der Waals surface area contributed by atoms with Gasteiger partial charge in [-0.1, -0.05) is 15.9 Å². The quantitative estimate of drug-likeness (QED) is 0.450. The molecular formula is C19H17BrN4O4. The Kier molecular flexibility index (Phi) is 4.76. The van der Waals surface area contributed by atoms with Gasteiger partial charge in [-0.3, -0.25) is 14.9 Å². The van der Waals surface area contributed by atoms with Crippen LogP contribution in [0.3, 0.4) is 0 Å². The first-order chi connectivity index (χ1) is 13.4. The van der Waals surface area contributed by atoms with Crippen LogP contribution in [0.2, 0.25) is 0 Å². The summed E-state index contributed by atoms with van der Waals surface area (Å²) in [5, 5.41) is 11.7. The molecule has 1 aliphatic heterocycles. The number of carbonyl (C=O) groups excluding carboxylic acids is 1. The number of amides is 1. The third-order valence-corrected chi connectivity index (χ3v) is 5.42. The molecule has 0 aliphatic carbocycles. The van der Waals surface area contributed by atoms with Crippen LogP contribution in [0.1, 0.15) is 16.1 Å². The minimum Gasteiger partial charge on any atom is -0.451 e. The van der Waals surface area contributed by atoms with Gasteiger partial charge in [-0.05, 0) is 31.2 Å². The molecule has 0 N–H and O–H groups in total. The van der Waals surface area contributed by atoms with Crippen molar-refractivity contribution in [3.05, 3.63) is 62.4 Å². The van der Waals surface area contributed by atoms with Gasteiger partial charge < -0.3 is 14.2 Å². The van der Waals surface area contributed by atoms with E-state index in [1.807, 2.05) is 30.0 Å². The maximum Gasteiger partial charge on any atom is 0.290 e. The highest BCUT2D eigenvalue weighted by molar-refractivity contribution is 9.10. The number of benzene rings is 1. The van der Waals surface area contributed by atoms with Crippen LogP contribution in [-0.4, -0.2) is 46.9 Å². The number of fused-ring (bicyclic) bond motifs is 1. The fourth-order valence-electron chi connectivity index (χ4n) is 3.35. The van der Waals surface area contributed by atoms with Crippen LogP contribution < -0.4 is 4.90 Å². The molecule has 8 nitrogen and oxygen atoms in total. The molecule has 0 spiro atoms. The van der Waals surface area contributed by atoms with Crippen molar-refractivity contribution in [2.24, 2.45) is 0 Å². The van der Waals surface area contributed by atoms with Crippen LogP contribution in [0, 0.1) is 17.0 Å². The Morgan fingerprint density at radius 1 is 1.21 bits per heavy atom. The van der Waals surface area contributed by atoms with E-state index in [1.165, 1.54) is 12.3 Å². The van der Waals surface area contributed by atoms with Crippen molar-refractivity contribution in [2.75, 3.05) is 31.1 Å². The Labute approximate surface area is 169 Å². The largest absolute Gasteiger partial charge is 0.451 e. The van der Waals surface area contributed by atoms with E-state index in [-0.39, 0.29) is 11.6 Å². The number of hydrogen-bond acceptors (Lipinski definition) is 6. The molecule has 0 saturated carbocycles. The summed E-state index contributed by atoms with van der Waals surface area (Å²) < 4.78 is 6.75. The molecule has 0 radical (unpaired) electrons. The first-order valence-electron chi connectivity index (χ1n) is 8.77. The van der Waals surface area contributed by atoms with E-state index in [0.717, 1.165) is 15.4 Å². The van der Waals surface area contributed by atoms with Gasteiger partial charge >= 0.3 is 0 Å². The van der Waals surface area contributed by atoms with Gasteiger partial charge in [0.2, 0.25) is 0 Å². The highest BCUT2D eigenvalue weighted by Crippen LogP contribution is 2.29. The summed E-state index contributed by atoms with van der Waals surface area (Å²) in [7, 11) is 0. The molecule has 1 aliphatic rings. The number of hydrogen-bond donors (Lipinski definition) is 0. The summed E-state index contributed by atoms with van der Waals surface area (Å²) in [6.07, 6.45) is 1.25. The lowest BCUT2D eigenvalue weighted by Crippen LogP contribution is -2.49. The van der Waals surface area contributed by atoms with Crippen molar-refractivity contribution >= 4 is 44.3 Å². The number of furan rings is 1. The number of halogens is 1. The topological polar surface area (TPSA) is 92.7 Å². The fourth-order valence-corrected chi connectivity index (χ4v) is 3.71. The predicted molar refractivity (Wildman–Crippen MR) is 108 cm³/mol. The van der Waals surface area contributed by atoms with E-state index in [0.29, 0.717) is 43.3 Å². The zero-order chi connectivity index (χ0) is 19.8. The van der Waals surface area contributed by atoms with Gasteiger partial charge in [0.15, 0.2) is 5.76 Å². The summed E-state index contributed by atoms with van der Waals surface area (Å²) in [5.41, 5.74) is 1.49. The molecule has 2 aromatic heterocycles. The first-order valence-corrected chi connectivity index (χ1v) is 9.56. The fraction of sp³-hybridized carbons (Fsp3) is 0.263. The number of anilines is 1. The van der Waals surface area contributed by atoms with E-state index >= 15 is 0 Å². The maximum atomic E-state index is 12.9. The number of nitro groups is 1. The third kappa shape index (κ3) is 3.33. The molecule has 1 amide bonds. The molecule has 4 rings (SSSR count). The van der Waals surface area contributed by atoms with Crippen molar-refractivity contribution in [2.45, 2.75) is 6.92 Å². The minimum absolute atomic E-state index is 0.0374. The number of nitrogens with zero attached hydrogens (tertiary/aromatic N) is 4. The van der Waals surface area contributed by atoms with Gasteiger partial charge in [-0.15, -0.1) is 0 Å². The third-order valence-electron chi connectivity index (χ3n) is 4.93. The number of aromatic nitrogens is 1. The van der Waals surface area contributed by atoms with E-state index in [2.05, 4.69) is 20.9 Å². The molecule has 0 atom stereocenters. The van der Waals surface area contributed by atoms with Crippen molar-refractivity contribution in [1.29, 1.82) is 0 Å². The predicted octanol–water partition coefficient (Wildman–Crippen LogP) is 3.77. The zero-order valence-electron chi connectivity index (χ0n) is 15.1. The molecule has 1 fully saturated rings. The second-order valence-corrected chi connectivity index (χ2v) is 7.52.